The van der Waals surface area contributed by atoms with Crippen LogP contribution >= 0.6 is 0 Å². The molecule has 0 saturated heterocycles. The Kier molecular flexibility index (Phi) is 5.62. The van der Waals surface area contributed by atoms with E-state index < -0.39 is 23.5 Å². The Balaban J connectivity index is 1.74. The second kappa shape index (κ2) is 8.11. The van der Waals surface area contributed by atoms with Crippen molar-refractivity contribution >= 4 is 17.6 Å². The van der Waals surface area contributed by atoms with E-state index in [0.29, 0.717) is 11.7 Å². The van der Waals surface area contributed by atoms with Gasteiger partial charge < -0.3 is 15.4 Å². The van der Waals surface area contributed by atoms with Crippen LogP contribution in [0.3, 0.4) is 0 Å². The molecule has 0 amide bonds. The molecule has 1 unspecified atom stereocenters. The summed E-state index contributed by atoms with van der Waals surface area (Å²) < 4.78 is 46.3. The van der Waals surface area contributed by atoms with Crippen molar-refractivity contribution < 1.29 is 17.9 Å². The lowest BCUT2D eigenvalue weighted by Crippen LogP contribution is -2.14. The molecule has 0 aromatic carbocycles. The van der Waals surface area contributed by atoms with Crippen LogP contribution in [0, 0.1) is 17.5 Å². The zero-order valence-electron chi connectivity index (χ0n) is 15.3. The monoisotopic (exact) mass is 393 g/mol. The Morgan fingerprint density at radius 2 is 1.82 bits per heavy atom. The zero-order chi connectivity index (χ0) is 20.3. The molecule has 8 nitrogen and oxygen atoms in total. The van der Waals surface area contributed by atoms with E-state index in [4.69, 9.17) is 4.74 Å². The summed E-state index contributed by atoms with van der Waals surface area (Å²) in [4.78, 5) is 11.6. The first kappa shape index (κ1) is 19.4. The molecule has 0 aliphatic heterocycles. The molecule has 0 spiro atoms. The molecule has 28 heavy (non-hydrogen) atoms. The lowest BCUT2D eigenvalue weighted by Gasteiger charge is -2.14. The van der Waals surface area contributed by atoms with Gasteiger partial charge in [-0.2, -0.15) is 4.98 Å². The van der Waals surface area contributed by atoms with E-state index in [1.807, 2.05) is 13.8 Å². The highest BCUT2D eigenvalue weighted by atomic mass is 19.1. The fraction of sp³-hybridized carbons (Fsp3) is 0.294. The van der Waals surface area contributed by atoms with E-state index in [2.05, 4.69) is 35.8 Å². The quantitative estimate of drug-likeness (QED) is 0.562. The third kappa shape index (κ3) is 4.67. The van der Waals surface area contributed by atoms with Crippen molar-refractivity contribution in [1.29, 1.82) is 0 Å². The van der Waals surface area contributed by atoms with Crippen molar-refractivity contribution in [2.75, 3.05) is 10.6 Å². The Morgan fingerprint density at radius 3 is 2.54 bits per heavy atom. The predicted molar refractivity (Wildman–Crippen MR) is 95.8 cm³/mol. The number of nitrogens with one attached hydrogen (secondary N) is 3. The van der Waals surface area contributed by atoms with Gasteiger partial charge in [-0.1, -0.05) is 0 Å². The highest BCUT2D eigenvalue weighted by Crippen LogP contribution is 2.23. The van der Waals surface area contributed by atoms with Gasteiger partial charge in [0.05, 0.1) is 30.2 Å². The van der Waals surface area contributed by atoms with Crippen LogP contribution in [0.15, 0.2) is 24.5 Å². The van der Waals surface area contributed by atoms with Crippen LogP contribution in [-0.2, 0) is 0 Å². The summed E-state index contributed by atoms with van der Waals surface area (Å²) in [6.07, 6.45) is 1.80. The average molecular weight is 393 g/mol. The van der Waals surface area contributed by atoms with Crippen LogP contribution in [-0.4, -0.2) is 31.3 Å². The van der Waals surface area contributed by atoms with Crippen molar-refractivity contribution in [2.24, 2.45) is 0 Å². The van der Waals surface area contributed by atoms with Gasteiger partial charge in [0, 0.05) is 12.1 Å². The fourth-order valence-electron chi connectivity index (χ4n) is 2.33. The molecule has 0 radical (unpaired) electrons. The largest absolute Gasteiger partial charge is 0.474 e. The van der Waals surface area contributed by atoms with Gasteiger partial charge in [-0.25, -0.2) is 18.2 Å². The number of rotatable bonds is 7. The van der Waals surface area contributed by atoms with Crippen LogP contribution in [0.4, 0.5) is 30.8 Å². The molecule has 0 aliphatic carbocycles. The van der Waals surface area contributed by atoms with E-state index in [1.54, 1.807) is 13.0 Å². The minimum absolute atomic E-state index is 0.0205. The number of hydrogen-bond donors (Lipinski definition) is 3. The van der Waals surface area contributed by atoms with Gasteiger partial charge in [-0.15, -0.1) is 5.10 Å². The summed E-state index contributed by atoms with van der Waals surface area (Å²) in [6.45, 7) is 5.29. The molecule has 0 saturated carbocycles. The number of hydrogen-bond acceptors (Lipinski definition) is 7. The molecular weight excluding hydrogens is 375 g/mol. The minimum atomic E-state index is -0.810. The zero-order valence-corrected chi connectivity index (χ0v) is 15.3. The van der Waals surface area contributed by atoms with E-state index in [0.717, 1.165) is 18.5 Å². The predicted octanol–water partition coefficient (Wildman–Crippen LogP) is 3.72. The fourth-order valence-corrected chi connectivity index (χ4v) is 2.33. The van der Waals surface area contributed by atoms with E-state index >= 15 is 0 Å². The first-order valence-electron chi connectivity index (χ1n) is 8.41. The van der Waals surface area contributed by atoms with E-state index in [9.17, 15) is 13.2 Å². The van der Waals surface area contributed by atoms with Crippen molar-refractivity contribution in [3.05, 3.63) is 47.7 Å². The molecule has 0 fully saturated rings. The maximum absolute atomic E-state index is 14.0. The second-order valence-corrected chi connectivity index (χ2v) is 6.19. The third-order valence-corrected chi connectivity index (χ3v) is 3.50. The van der Waals surface area contributed by atoms with Gasteiger partial charge in [0.2, 0.25) is 11.8 Å². The number of H-pyrrole nitrogens is 1. The highest BCUT2D eigenvalue weighted by Gasteiger charge is 2.16. The topological polar surface area (TPSA) is 101 Å². The number of pyridine rings is 1. The molecule has 3 rings (SSSR count). The van der Waals surface area contributed by atoms with Gasteiger partial charge in [-0.3, -0.25) is 10.1 Å². The third-order valence-electron chi connectivity index (χ3n) is 3.50. The van der Waals surface area contributed by atoms with Gasteiger partial charge in [-0.05, 0) is 20.8 Å². The SMILES string of the molecule is CC(C)Oc1cc(Nc2nc(NC(C)c3ncc(F)cc3F)ncc2F)[nH]n1. The molecule has 11 heteroatoms. The second-order valence-electron chi connectivity index (χ2n) is 6.19. The molecular formula is C17H18F3N7O. The van der Waals surface area contributed by atoms with Crippen LogP contribution in [0.5, 0.6) is 5.88 Å². The van der Waals surface area contributed by atoms with Crippen LogP contribution in [0.2, 0.25) is 0 Å². The number of nitrogens with zero attached hydrogens (tertiary/aromatic N) is 4. The number of ether oxygens (including phenoxy) is 1. The highest BCUT2D eigenvalue weighted by molar-refractivity contribution is 5.54. The number of aromatic amines is 1. The Morgan fingerprint density at radius 1 is 1.04 bits per heavy atom. The number of anilines is 3. The van der Waals surface area contributed by atoms with Gasteiger partial charge >= 0.3 is 0 Å². The van der Waals surface area contributed by atoms with Crippen molar-refractivity contribution in [3.63, 3.8) is 0 Å². The summed E-state index contributed by atoms with van der Waals surface area (Å²) in [6, 6.07) is 1.60. The van der Waals surface area contributed by atoms with E-state index in [1.165, 1.54) is 0 Å². The molecule has 3 aromatic heterocycles. The smallest absolute Gasteiger partial charge is 0.234 e. The van der Waals surface area contributed by atoms with Gasteiger partial charge in [0.1, 0.15) is 17.5 Å². The number of halogens is 3. The lowest BCUT2D eigenvalue weighted by molar-refractivity contribution is 0.232. The lowest BCUT2D eigenvalue weighted by atomic mass is 10.2. The van der Waals surface area contributed by atoms with Crippen molar-refractivity contribution in [1.82, 2.24) is 25.1 Å². The average Bonchev–Trinajstić information content (AvgIpc) is 3.04. The molecule has 1 atom stereocenters. The molecule has 3 N–H and O–H groups in total. The normalized spacial score (nSPS) is 12.1. The number of aromatic nitrogens is 5. The molecule has 0 bridgehead atoms. The minimum Gasteiger partial charge on any atom is -0.474 e. The first-order valence-corrected chi connectivity index (χ1v) is 8.41. The van der Waals surface area contributed by atoms with Gasteiger partial charge in [0.15, 0.2) is 11.6 Å². The maximum atomic E-state index is 14.0. The Bertz CT molecular complexity index is 964. The van der Waals surface area contributed by atoms with Crippen molar-refractivity contribution in [2.45, 2.75) is 32.9 Å². The summed E-state index contributed by atoms with van der Waals surface area (Å²) in [5.41, 5.74) is -0.0205. The van der Waals surface area contributed by atoms with E-state index in [-0.39, 0.29) is 23.6 Å². The Labute approximate surface area is 158 Å². The summed E-state index contributed by atoms with van der Waals surface area (Å²) >= 11 is 0. The van der Waals surface area contributed by atoms with Gasteiger partial charge in [0.25, 0.3) is 0 Å². The maximum Gasteiger partial charge on any atom is 0.234 e. The molecule has 0 aliphatic rings. The van der Waals surface area contributed by atoms with Crippen LogP contribution in [0.1, 0.15) is 32.5 Å². The van der Waals surface area contributed by atoms with Crippen LogP contribution in [0.25, 0.3) is 0 Å². The molecule has 3 heterocycles. The van der Waals surface area contributed by atoms with Crippen LogP contribution < -0.4 is 15.4 Å². The summed E-state index contributed by atoms with van der Waals surface area (Å²) in [5, 5.41) is 12.1. The molecule has 3 aromatic rings. The molecule has 148 valence electrons. The summed E-state index contributed by atoms with van der Waals surface area (Å²) in [5.74, 6) is -1.69. The standard InChI is InChI=1S/C17H18F3N7O/c1-8(2)28-14-5-13(26-27-14)24-16-12(20)7-22-17(25-16)23-9(3)15-11(19)4-10(18)6-21-15/h4-9H,1-3H3,(H3,22,23,24,25,26,27). The first-order chi connectivity index (χ1) is 13.3. The Hall–Kier alpha value is -3.37. The summed E-state index contributed by atoms with van der Waals surface area (Å²) in [7, 11) is 0. The van der Waals surface area contributed by atoms with Crippen molar-refractivity contribution in [3.8, 4) is 5.88 Å².